The molecule has 4 rings (SSSR count). The Morgan fingerprint density at radius 1 is 0.969 bits per heavy atom. The van der Waals surface area contributed by atoms with Crippen molar-refractivity contribution in [2.45, 2.75) is 20.8 Å². The summed E-state index contributed by atoms with van der Waals surface area (Å²) in [5.74, 6) is 0.415. The van der Waals surface area contributed by atoms with Gasteiger partial charge in [0.15, 0.2) is 5.76 Å². The van der Waals surface area contributed by atoms with Crippen LogP contribution in [0.25, 0.3) is 6.08 Å². The van der Waals surface area contributed by atoms with Gasteiger partial charge in [0.25, 0.3) is 0 Å². The molecule has 0 bridgehead atoms. The molecule has 0 spiro atoms. The van der Waals surface area contributed by atoms with Crippen molar-refractivity contribution in [3.8, 4) is 11.5 Å². The van der Waals surface area contributed by atoms with Gasteiger partial charge in [0.2, 0.25) is 5.78 Å². The van der Waals surface area contributed by atoms with E-state index in [9.17, 15) is 9.59 Å². The maximum atomic E-state index is 12.9. The number of ketones is 1. The molecule has 32 heavy (non-hydrogen) atoms. The average molecular weight is 428 g/mol. The van der Waals surface area contributed by atoms with E-state index < -0.39 is 5.97 Å². The molecule has 0 atom stereocenters. The molecule has 0 amide bonds. The lowest BCUT2D eigenvalue weighted by Gasteiger charge is -2.20. The van der Waals surface area contributed by atoms with Crippen LogP contribution >= 0.6 is 0 Å². The summed E-state index contributed by atoms with van der Waals surface area (Å²) in [7, 11) is 0. The Kier molecular flexibility index (Phi) is 6.08. The van der Waals surface area contributed by atoms with Crippen molar-refractivity contribution in [1.82, 2.24) is 0 Å². The smallest absolute Gasteiger partial charge is 0.343 e. The van der Waals surface area contributed by atoms with E-state index in [0.29, 0.717) is 28.2 Å². The number of Topliss-reactive ketones (excluding diaryl/α,β-unsaturated/α-hetero) is 1. The van der Waals surface area contributed by atoms with Crippen molar-refractivity contribution in [2.24, 2.45) is 0 Å². The van der Waals surface area contributed by atoms with Crippen molar-refractivity contribution in [1.29, 1.82) is 0 Å². The largest absolute Gasteiger partial charge is 0.452 e. The summed E-state index contributed by atoms with van der Waals surface area (Å²) in [5.41, 5.74) is 3.55. The number of hydrogen-bond acceptors (Lipinski definition) is 5. The monoisotopic (exact) mass is 427 g/mol. The lowest BCUT2D eigenvalue weighted by atomic mass is 10.1. The van der Waals surface area contributed by atoms with Crippen molar-refractivity contribution >= 4 is 23.5 Å². The number of ether oxygens (including phenoxy) is 2. The van der Waals surface area contributed by atoms with Gasteiger partial charge in [-0.1, -0.05) is 30.3 Å². The van der Waals surface area contributed by atoms with E-state index in [1.165, 1.54) is 0 Å². The summed E-state index contributed by atoms with van der Waals surface area (Å²) in [6.07, 6.45) is 1.74. The third-order valence-corrected chi connectivity index (χ3v) is 5.57. The number of rotatable bonds is 6. The van der Waals surface area contributed by atoms with E-state index >= 15 is 0 Å². The predicted octanol–water partition coefficient (Wildman–Crippen LogP) is 5.68. The molecule has 1 aliphatic heterocycles. The van der Waals surface area contributed by atoms with E-state index in [-0.39, 0.29) is 11.5 Å². The topological polar surface area (TPSA) is 55.8 Å². The highest BCUT2D eigenvalue weighted by Crippen LogP contribution is 2.39. The standard InChI is InChI=1S/C27H25NO4/c1-4-28(5-2)21-13-11-19(12-14-21)17-24-25(29)22-15-16-23(18(3)26(22)31-24)32-27(30)20-9-7-6-8-10-20/h6-17H,4-5H2,1-3H3/b24-17-. The van der Waals surface area contributed by atoms with Crippen LogP contribution < -0.4 is 14.4 Å². The normalized spacial score (nSPS) is 13.6. The summed E-state index contributed by atoms with van der Waals surface area (Å²) < 4.78 is 11.5. The van der Waals surface area contributed by atoms with Crippen molar-refractivity contribution < 1.29 is 19.1 Å². The molecule has 0 saturated heterocycles. The summed E-state index contributed by atoms with van der Waals surface area (Å²) in [6.45, 7) is 7.89. The van der Waals surface area contributed by atoms with Gasteiger partial charge in [0.1, 0.15) is 11.5 Å². The highest BCUT2D eigenvalue weighted by atomic mass is 16.5. The van der Waals surface area contributed by atoms with Crippen molar-refractivity contribution in [3.05, 3.63) is 94.7 Å². The zero-order valence-electron chi connectivity index (χ0n) is 18.4. The van der Waals surface area contributed by atoms with Gasteiger partial charge in [0.05, 0.1) is 11.1 Å². The first kappa shape index (κ1) is 21.4. The van der Waals surface area contributed by atoms with E-state index in [4.69, 9.17) is 9.47 Å². The van der Waals surface area contributed by atoms with Crippen LogP contribution in [0.4, 0.5) is 5.69 Å². The second-order valence-corrected chi connectivity index (χ2v) is 7.52. The molecule has 0 unspecified atom stereocenters. The second-order valence-electron chi connectivity index (χ2n) is 7.52. The Bertz CT molecular complexity index is 1180. The SMILES string of the molecule is CCN(CC)c1ccc(/C=C2\Oc3c(ccc(OC(=O)c4ccccc4)c3C)C2=O)cc1. The summed E-state index contributed by atoms with van der Waals surface area (Å²) >= 11 is 0. The molecule has 3 aromatic carbocycles. The molecule has 0 aromatic heterocycles. The van der Waals surface area contributed by atoms with Crippen LogP contribution in [0.5, 0.6) is 11.5 Å². The molecular formula is C27H25NO4. The Labute approximate surface area is 187 Å². The highest BCUT2D eigenvalue weighted by molar-refractivity contribution is 6.15. The lowest BCUT2D eigenvalue weighted by molar-refractivity contribution is 0.0733. The van der Waals surface area contributed by atoms with Gasteiger partial charge < -0.3 is 14.4 Å². The lowest BCUT2D eigenvalue weighted by Crippen LogP contribution is -2.21. The van der Waals surface area contributed by atoms with Gasteiger partial charge in [-0.15, -0.1) is 0 Å². The van der Waals surface area contributed by atoms with Crippen molar-refractivity contribution in [2.75, 3.05) is 18.0 Å². The van der Waals surface area contributed by atoms with E-state index in [1.54, 1.807) is 49.4 Å². The minimum absolute atomic E-state index is 0.183. The van der Waals surface area contributed by atoms with Crippen LogP contribution in [0, 0.1) is 6.92 Å². The first-order valence-corrected chi connectivity index (χ1v) is 10.7. The number of benzene rings is 3. The Hall–Kier alpha value is -3.86. The zero-order valence-corrected chi connectivity index (χ0v) is 18.4. The fraction of sp³-hybridized carbons (Fsp3) is 0.185. The highest BCUT2D eigenvalue weighted by Gasteiger charge is 2.30. The van der Waals surface area contributed by atoms with Gasteiger partial charge in [-0.25, -0.2) is 4.79 Å². The quantitative estimate of drug-likeness (QED) is 0.288. The maximum absolute atomic E-state index is 12.9. The number of fused-ring (bicyclic) bond motifs is 1. The summed E-state index contributed by atoms with van der Waals surface area (Å²) in [6, 6.07) is 20.1. The number of nitrogens with zero attached hydrogens (tertiary/aromatic N) is 1. The number of hydrogen-bond donors (Lipinski definition) is 0. The third kappa shape index (κ3) is 4.14. The first-order valence-electron chi connectivity index (χ1n) is 10.7. The van der Waals surface area contributed by atoms with Crippen molar-refractivity contribution in [3.63, 3.8) is 0 Å². The zero-order chi connectivity index (χ0) is 22.7. The summed E-state index contributed by atoms with van der Waals surface area (Å²) in [5, 5.41) is 0. The molecule has 1 heterocycles. The van der Waals surface area contributed by atoms with Crippen LogP contribution in [-0.2, 0) is 0 Å². The number of carbonyl (C=O) groups is 2. The predicted molar refractivity (Wildman–Crippen MR) is 126 cm³/mol. The van der Waals surface area contributed by atoms with E-state index in [1.807, 2.05) is 30.3 Å². The molecule has 0 fully saturated rings. The van der Waals surface area contributed by atoms with Crippen LogP contribution in [-0.4, -0.2) is 24.8 Å². The molecular weight excluding hydrogens is 402 g/mol. The molecule has 1 aliphatic rings. The molecule has 5 heteroatoms. The minimum Gasteiger partial charge on any atom is -0.452 e. The number of anilines is 1. The third-order valence-electron chi connectivity index (χ3n) is 5.57. The molecule has 0 aliphatic carbocycles. The fourth-order valence-electron chi connectivity index (χ4n) is 3.73. The minimum atomic E-state index is -0.456. The van der Waals surface area contributed by atoms with E-state index in [0.717, 1.165) is 24.3 Å². The molecule has 0 N–H and O–H groups in total. The molecule has 0 radical (unpaired) electrons. The molecule has 0 saturated carbocycles. The molecule has 5 nitrogen and oxygen atoms in total. The summed E-state index contributed by atoms with van der Waals surface area (Å²) in [4.78, 5) is 27.5. The second kappa shape index (κ2) is 9.10. The first-order chi connectivity index (χ1) is 15.5. The Morgan fingerprint density at radius 2 is 1.66 bits per heavy atom. The molecule has 162 valence electrons. The Balaban J connectivity index is 1.56. The van der Waals surface area contributed by atoms with Crippen LogP contribution in [0.3, 0.4) is 0 Å². The van der Waals surface area contributed by atoms with Crippen LogP contribution in [0.1, 0.15) is 45.7 Å². The average Bonchev–Trinajstić information content (AvgIpc) is 3.14. The number of allylic oxidation sites excluding steroid dienone is 1. The van der Waals surface area contributed by atoms with Gasteiger partial charge in [-0.3, -0.25) is 4.79 Å². The molecule has 3 aromatic rings. The number of esters is 1. The van der Waals surface area contributed by atoms with Gasteiger partial charge in [-0.05, 0) is 68.8 Å². The Morgan fingerprint density at radius 3 is 2.31 bits per heavy atom. The maximum Gasteiger partial charge on any atom is 0.343 e. The van der Waals surface area contributed by atoms with Crippen LogP contribution in [0.2, 0.25) is 0 Å². The van der Waals surface area contributed by atoms with Gasteiger partial charge in [0, 0.05) is 24.3 Å². The number of carbonyl (C=O) groups excluding carboxylic acids is 2. The fourth-order valence-corrected chi connectivity index (χ4v) is 3.73. The van der Waals surface area contributed by atoms with E-state index in [2.05, 4.69) is 18.7 Å². The van der Waals surface area contributed by atoms with Gasteiger partial charge >= 0.3 is 5.97 Å². The van der Waals surface area contributed by atoms with Crippen LogP contribution in [0.15, 0.2) is 72.5 Å². The van der Waals surface area contributed by atoms with Gasteiger partial charge in [-0.2, -0.15) is 0 Å².